The summed E-state index contributed by atoms with van der Waals surface area (Å²) in [4.78, 5) is 18.8. The molecule has 2 heterocycles. The minimum Gasteiger partial charge on any atom is -0.486 e. The first kappa shape index (κ1) is 17.2. The summed E-state index contributed by atoms with van der Waals surface area (Å²) < 4.78 is 5.74. The number of carbonyl (C=O) groups excluding carboxylic acids is 1. The third kappa shape index (κ3) is 4.08. The molecule has 0 bridgehead atoms. The number of ether oxygens (including phenoxy) is 1. The number of likely N-dealkylation sites (tertiary alicyclic amines) is 1. The van der Waals surface area contributed by atoms with Crippen LogP contribution in [-0.4, -0.2) is 28.9 Å². The van der Waals surface area contributed by atoms with E-state index in [0.717, 1.165) is 47.3 Å². The van der Waals surface area contributed by atoms with Crippen molar-refractivity contribution >= 4 is 28.8 Å². The highest BCUT2D eigenvalue weighted by atomic mass is 35.5. The molecule has 0 atom stereocenters. The molecule has 0 radical (unpaired) electrons. The summed E-state index contributed by atoms with van der Waals surface area (Å²) in [7, 11) is 0. The van der Waals surface area contributed by atoms with Crippen molar-refractivity contribution in [1.82, 2.24) is 9.88 Å². The highest BCUT2D eigenvalue weighted by Gasteiger charge is 2.23. The fourth-order valence-corrected chi connectivity index (χ4v) is 3.50. The molecule has 1 aromatic heterocycles. The van der Waals surface area contributed by atoms with E-state index in [2.05, 4.69) is 11.9 Å². The van der Waals surface area contributed by atoms with E-state index in [1.807, 2.05) is 35.4 Å². The zero-order chi connectivity index (χ0) is 17.1. The average Bonchev–Trinajstić information content (AvgIpc) is 3.05. The Balaban J connectivity index is 1.58. The van der Waals surface area contributed by atoms with Crippen LogP contribution in [-0.2, 0) is 6.61 Å². The molecule has 1 amide bonds. The second-order valence-corrected chi connectivity index (χ2v) is 7.65. The first-order valence-corrected chi connectivity index (χ1v) is 9.41. The molecule has 1 saturated heterocycles. The van der Waals surface area contributed by atoms with Crippen molar-refractivity contribution in [2.45, 2.75) is 33.3 Å². The molecule has 24 heavy (non-hydrogen) atoms. The summed E-state index contributed by atoms with van der Waals surface area (Å²) in [6.07, 6.45) is 2.14. The Morgan fingerprint density at radius 1 is 1.42 bits per heavy atom. The van der Waals surface area contributed by atoms with Crippen LogP contribution in [0.2, 0.25) is 5.02 Å². The Bertz CT molecular complexity index is 724. The molecule has 128 valence electrons. The van der Waals surface area contributed by atoms with Crippen molar-refractivity contribution in [3.8, 4) is 5.75 Å². The lowest BCUT2D eigenvalue weighted by atomic mass is 9.99. The highest BCUT2D eigenvalue weighted by Crippen LogP contribution is 2.23. The molecule has 1 fully saturated rings. The van der Waals surface area contributed by atoms with Crippen LogP contribution >= 0.6 is 22.9 Å². The Morgan fingerprint density at radius 3 is 2.88 bits per heavy atom. The van der Waals surface area contributed by atoms with E-state index in [9.17, 15) is 4.79 Å². The van der Waals surface area contributed by atoms with Gasteiger partial charge < -0.3 is 9.64 Å². The smallest absolute Gasteiger partial charge is 0.273 e. The van der Waals surface area contributed by atoms with Crippen molar-refractivity contribution in [3.63, 3.8) is 0 Å². The molecule has 0 aliphatic carbocycles. The van der Waals surface area contributed by atoms with Crippen molar-refractivity contribution in [2.75, 3.05) is 13.1 Å². The van der Waals surface area contributed by atoms with Gasteiger partial charge in [-0.1, -0.05) is 18.5 Å². The number of aryl methyl sites for hydroxylation is 1. The van der Waals surface area contributed by atoms with E-state index in [1.165, 1.54) is 11.3 Å². The predicted octanol–water partition coefficient (Wildman–Crippen LogP) is 4.56. The number of thiazole rings is 1. The van der Waals surface area contributed by atoms with Crippen LogP contribution in [0.1, 0.15) is 40.8 Å². The van der Waals surface area contributed by atoms with Gasteiger partial charge in [-0.05, 0) is 49.4 Å². The minimum atomic E-state index is 0.0340. The molecule has 4 nitrogen and oxygen atoms in total. The summed E-state index contributed by atoms with van der Waals surface area (Å²) in [6, 6.07) is 5.56. The van der Waals surface area contributed by atoms with Crippen LogP contribution in [0.15, 0.2) is 23.6 Å². The van der Waals surface area contributed by atoms with Crippen LogP contribution in [0.4, 0.5) is 0 Å². The zero-order valence-electron chi connectivity index (χ0n) is 13.9. The van der Waals surface area contributed by atoms with E-state index >= 15 is 0 Å². The number of benzene rings is 1. The molecule has 6 heteroatoms. The maximum Gasteiger partial charge on any atom is 0.273 e. The van der Waals surface area contributed by atoms with Gasteiger partial charge in [0.1, 0.15) is 23.1 Å². The van der Waals surface area contributed by atoms with Gasteiger partial charge in [-0.2, -0.15) is 0 Å². The van der Waals surface area contributed by atoms with Crippen LogP contribution in [0.25, 0.3) is 0 Å². The van der Waals surface area contributed by atoms with E-state index in [-0.39, 0.29) is 5.91 Å². The van der Waals surface area contributed by atoms with Crippen LogP contribution in [0.5, 0.6) is 5.75 Å². The topological polar surface area (TPSA) is 42.4 Å². The summed E-state index contributed by atoms with van der Waals surface area (Å²) >= 11 is 7.47. The van der Waals surface area contributed by atoms with E-state index in [4.69, 9.17) is 16.3 Å². The quantitative estimate of drug-likeness (QED) is 0.798. The second-order valence-electron chi connectivity index (χ2n) is 6.30. The summed E-state index contributed by atoms with van der Waals surface area (Å²) in [5.41, 5.74) is 1.50. The molecule has 1 aliphatic heterocycles. The lowest BCUT2D eigenvalue weighted by molar-refractivity contribution is 0.0691. The third-order valence-corrected chi connectivity index (χ3v) is 5.58. The number of amides is 1. The molecular formula is C18H21ClN2O2S. The van der Waals surface area contributed by atoms with Crippen molar-refractivity contribution in [1.29, 1.82) is 0 Å². The van der Waals surface area contributed by atoms with E-state index in [1.54, 1.807) is 0 Å². The van der Waals surface area contributed by atoms with Crippen LogP contribution in [0.3, 0.4) is 0 Å². The first-order valence-electron chi connectivity index (χ1n) is 8.15. The summed E-state index contributed by atoms with van der Waals surface area (Å²) in [5, 5.41) is 3.35. The van der Waals surface area contributed by atoms with E-state index in [0.29, 0.717) is 18.2 Å². The maximum absolute atomic E-state index is 12.5. The maximum atomic E-state index is 12.5. The van der Waals surface area contributed by atoms with Gasteiger partial charge in [0.25, 0.3) is 5.91 Å². The number of hydrogen-bond donors (Lipinski definition) is 0. The predicted molar refractivity (Wildman–Crippen MR) is 96.9 cm³/mol. The highest BCUT2D eigenvalue weighted by molar-refractivity contribution is 7.09. The van der Waals surface area contributed by atoms with Crippen LogP contribution < -0.4 is 4.74 Å². The van der Waals surface area contributed by atoms with Crippen molar-refractivity contribution in [3.05, 3.63) is 44.9 Å². The molecule has 0 saturated carbocycles. The standard InChI is InChI=1S/C18H21ClN2O2S/c1-12-5-7-21(8-6-12)18(22)16-11-24-17(20-16)10-23-14-3-4-15(19)13(2)9-14/h3-4,9,11-12H,5-8,10H2,1-2H3. The molecule has 1 aromatic carbocycles. The molecule has 0 N–H and O–H groups in total. The SMILES string of the molecule is Cc1cc(OCc2nc(C(=O)N3CCC(C)CC3)cs2)ccc1Cl. The second kappa shape index (κ2) is 7.53. The van der Waals surface area contributed by atoms with Gasteiger partial charge >= 0.3 is 0 Å². The zero-order valence-corrected chi connectivity index (χ0v) is 15.5. The number of nitrogens with zero attached hydrogens (tertiary/aromatic N) is 2. The normalized spacial score (nSPS) is 15.5. The lowest BCUT2D eigenvalue weighted by Crippen LogP contribution is -2.38. The number of carbonyl (C=O) groups is 1. The van der Waals surface area contributed by atoms with Crippen LogP contribution in [0, 0.1) is 12.8 Å². The minimum absolute atomic E-state index is 0.0340. The van der Waals surface area contributed by atoms with E-state index < -0.39 is 0 Å². The van der Waals surface area contributed by atoms with Gasteiger partial charge in [0.05, 0.1) is 0 Å². The van der Waals surface area contributed by atoms with Gasteiger partial charge in [-0.15, -0.1) is 11.3 Å². The van der Waals surface area contributed by atoms with Crippen molar-refractivity contribution < 1.29 is 9.53 Å². The molecule has 0 spiro atoms. The number of piperidine rings is 1. The lowest BCUT2D eigenvalue weighted by Gasteiger charge is -2.29. The van der Waals surface area contributed by atoms with Gasteiger partial charge in [-0.25, -0.2) is 4.98 Å². The third-order valence-electron chi connectivity index (χ3n) is 4.33. The van der Waals surface area contributed by atoms with Gasteiger partial charge in [0.15, 0.2) is 0 Å². The summed E-state index contributed by atoms with van der Waals surface area (Å²) in [6.45, 7) is 6.18. The largest absolute Gasteiger partial charge is 0.486 e. The summed E-state index contributed by atoms with van der Waals surface area (Å²) in [5.74, 6) is 1.49. The Morgan fingerprint density at radius 2 is 2.17 bits per heavy atom. The van der Waals surface area contributed by atoms with Gasteiger partial charge in [0, 0.05) is 23.5 Å². The number of hydrogen-bond acceptors (Lipinski definition) is 4. The Hall–Kier alpha value is -1.59. The number of aromatic nitrogens is 1. The average molecular weight is 365 g/mol. The Kier molecular flexibility index (Phi) is 5.41. The molecule has 2 aromatic rings. The molecular weight excluding hydrogens is 344 g/mol. The van der Waals surface area contributed by atoms with Gasteiger partial charge in [0.2, 0.25) is 0 Å². The fourth-order valence-electron chi connectivity index (χ4n) is 2.70. The fraction of sp³-hybridized carbons (Fsp3) is 0.444. The Labute approximate surface area is 151 Å². The molecule has 1 aliphatic rings. The first-order chi connectivity index (χ1) is 11.5. The molecule has 0 unspecified atom stereocenters. The number of halogens is 1. The number of rotatable bonds is 4. The monoisotopic (exact) mass is 364 g/mol. The molecule has 3 rings (SSSR count). The van der Waals surface area contributed by atoms with Gasteiger partial charge in [-0.3, -0.25) is 4.79 Å². The van der Waals surface area contributed by atoms with Crippen molar-refractivity contribution in [2.24, 2.45) is 5.92 Å².